The Kier molecular flexibility index (Phi) is 4.91. The largest absolute Gasteiger partial charge is 0.393 e. The molecule has 0 amide bonds. The molecule has 13 atom stereocenters. The summed E-state index contributed by atoms with van der Waals surface area (Å²) in [6, 6.07) is 0.853. The van der Waals surface area contributed by atoms with Crippen molar-refractivity contribution < 1.29 is 10.2 Å². The average Bonchev–Trinajstić information content (AvgIpc) is 3.09. The molecule has 6 fully saturated rings. The summed E-state index contributed by atoms with van der Waals surface area (Å²) in [5.41, 5.74) is 0.261. The minimum absolute atomic E-state index is 0.180. The van der Waals surface area contributed by atoms with Gasteiger partial charge < -0.3 is 10.2 Å². The van der Waals surface area contributed by atoms with Crippen molar-refractivity contribution in [2.45, 2.75) is 96.8 Å². The predicted molar refractivity (Wildman–Crippen MR) is 120 cm³/mol. The maximum absolute atomic E-state index is 11.2. The number of fused-ring (bicyclic) bond motifs is 8. The van der Waals surface area contributed by atoms with Gasteiger partial charge in [-0.2, -0.15) is 0 Å². The predicted octanol–water partition coefficient (Wildman–Crippen LogP) is 4.56. The van der Waals surface area contributed by atoms with E-state index in [1.165, 1.54) is 45.2 Å². The molecule has 0 aromatic heterocycles. The van der Waals surface area contributed by atoms with Gasteiger partial charge in [-0.25, -0.2) is 0 Å². The third-order valence-corrected chi connectivity index (χ3v) is 12.0. The van der Waals surface area contributed by atoms with Crippen LogP contribution in [0.3, 0.4) is 0 Å². The molecule has 2 N–H and O–H groups in total. The molecule has 6 aliphatic rings. The minimum atomic E-state index is -0.181. The van der Waals surface area contributed by atoms with Crippen LogP contribution in [0.2, 0.25) is 0 Å². The van der Waals surface area contributed by atoms with Crippen LogP contribution < -0.4 is 0 Å². The van der Waals surface area contributed by atoms with Crippen LogP contribution in [0, 0.1) is 58.7 Å². The van der Waals surface area contributed by atoms with E-state index in [1.807, 2.05) is 0 Å². The van der Waals surface area contributed by atoms with E-state index in [9.17, 15) is 10.2 Å². The van der Waals surface area contributed by atoms with Gasteiger partial charge in [0.1, 0.15) is 0 Å². The monoisotopic (exact) mass is 415 g/mol. The first kappa shape index (κ1) is 20.5. The standard InChI is InChI=1S/C27H45NO2/c1-15-4-7-25-16(2)18-5-6-19-20(22(18)14-28(25)13-15)11-23-21(19)12-26(30)24-10-17(29)8-9-27(23,24)3/h15-26,29-30H,4-14H2,1-3H3/t15-,16+,17?,18+,19+,20+,21-,22+,23-,24?,25-,26?,27+/m0/s1. The average molecular weight is 416 g/mol. The fraction of sp³-hybridized carbons (Fsp3) is 1.00. The van der Waals surface area contributed by atoms with Crippen molar-refractivity contribution in [2.75, 3.05) is 13.1 Å². The van der Waals surface area contributed by atoms with Crippen molar-refractivity contribution >= 4 is 0 Å². The van der Waals surface area contributed by atoms with Crippen LogP contribution in [0.15, 0.2) is 0 Å². The van der Waals surface area contributed by atoms with Crippen molar-refractivity contribution in [1.29, 1.82) is 0 Å². The number of hydrogen-bond acceptors (Lipinski definition) is 3. The van der Waals surface area contributed by atoms with E-state index in [0.29, 0.717) is 5.92 Å². The summed E-state index contributed by atoms with van der Waals surface area (Å²) >= 11 is 0. The lowest BCUT2D eigenvalue weighted by molar-refractivity contribution is -0.130. The zero-order valence-corrected chi connectivity index (χ0v) is 19.5. The van der Waals surface area contributed by atoms with Crippen LogP contribution in [0.25, 0.3) is 0 Å². The molecule has 30 heavy (non-hydrogen) atoms. The van der Waals surface area contributed by atoms with Gasteiger partial charge in [-0.3, -0.25) is 4.90 Å². The van der Waals surface area contributed by atoms with Gasteiger partial charge in [0.25, 0.3) is 0 Å². The third kappa shape index (κ3) is 2.86. The molecule has 0 aromatic rings. The Hall–Kier alpha value is -0.120. The Labute approximate surface area is 184 Å². The molecule has 2 aliphatic heterocycles. The molecule has 6 rings (SSSR count). The van der Waals surface area contributed by atoms with Crippen molar-refractivity contribution in [3.63, 3.8) is 0 Å². The van der Waals surface area contributed by atoms with Gasteiger partial charge in [-0.1, -0.05) is 20.8 Å². The minimum Gasteiger partial charge on any atom is -0.393 e. The fourth-order valence-corrected chi connectivity index (χ4v) is 10.6. The Morgan fingerprint density at radius 2 is 1.53 bits per heavy atom. The molecule has 4 saturated carbocycles. The second kappa shape index (κ2) is 7.19. The Morgan fingerprint density at radius 1 is 0.733 bits per heavy atom. The van der Waals surface area contributed by atoms with Gasteiger partial charge >= 0.3 is 0 Å². The summed E-state index contributed by atoms with van der Waals surface area (Å²) in [4.78, 5) is 2.92. The summed E-state index contributed by atoms with van der Waals surface area (Å²) in [7, 11) is 0. The van der Waals surface area contributed by atoms with Gasteiger partial charge in [0.2, 0.25) is 0 Å². The van der Waals surface area contributed by atoms with E-state index in [1.54, 1.807) is 0 Å². The number of aliphatic hydroxyl groups excluding tert-OH is 2. The summed E-state index contributed by atoms with van der Waals surface area (Å²) in [5, 5.41) is 21.5. The summed E-state index contributed by atoms with van der Waals surface area (Å²) in [6.07, 6.45) is 10.7. The first-order valence-corrected chi connectivity index (χ1v) is 13.5. The molecule has 0 spiro atoms. The molecular formula is C27H45NO2. The Bertz CT molecular complexity index is 665. The van der Waals surface area contributed by atoms with Gasteiger partial charge in [-0.05, 0) is 116 Å². The number of piperidine rings is 2. The highest BCUT2D eigenvalue weighted by molar-refractivity contribution is 5.12. The zero-order valence-electron chi connectivity index (χ0n) is 19.5. The van der Waals surface area contributed by atoms with Crippen molar-refractivity contribution in [3.05, 3.63) is 0 Å². The summed E-state index contributed by atoms with van der Waals surface area (Å²) < 4.78 is 0. The highest BCUT2D eigenvalue weighted by Crippen LogP contribution is 2.67. The number of aliphatic hydroxyl groups is 2. The Balaban J connectivity index is 1.28. The molecule has 0 bridgehead atoms. The Morgan fingerprint density at radius 3 is 2.37 bits per heavy atom. The number of nitrogens with zero attached hydrogens (tertiary/aromatic N) is 1. The quantitative estimate of drug-likeness (QED) is 0.609. The van der Waals surface area contributed by atoms with Gasteiger partial charge in [0.15, 0.2) is 0 Å². The van der Waals surface area contributed by atoms with Gasteiger partial charge in [-0.15, -0.1) is 0 Å². The molecular weight excluding hydrogens is 370 g/mol. The fourth-order valence-electron chi connectivity index (χ4n) is 10.6. The molecule has 2 saturated heterocycles. The number of hydrogen-bond donors (Lipinski definition) is 2. The molecule has 0 aromatic carbocycles. The molecule has 3 heteroatoms. The molecule has 170 valence electrons. The second-order valence-electron chi connectivity index (χ2n) is 13.1. The lowest BCUT2D eigenvalue weighted by Gasteiger charge is -2.56. The highest BCUT2D eigenvalue weighted by Gasteiger charge is 2.62. The maximum atomic E-state index is 11.2. The van der Waals surface area contributed by atoms with E-state index >= 15 is 0 Å². The van der Waals surface area contributed by atoms with Crippen LogP contribution in [0.5, 0.6) is 0 Å². The van der Waals surface area contributed by atoms with Gasteiger partial charge in [0.05, 0.1) is 12.2 Å². The van der Waals surface area contributed by atoms with Crippen molar-refractivity contribution in [2.24, 2.45) is 58.7 Å². The SMILES string of the molecule is C[C@H]1CC[C@H]2[C@H](C)[C@H]3CC[C@@H]4[C@@H](C[C@H]5[C@H]4CC(O)C4CC(O)CC[C@@]45C)[C@@H]3CN2C1. The molecule has 3 unspecified atom stereocenters. The van der Waals surface area contributed by atoms with Crippen LogP contribution >= 0.6 is 0 Å². The van der Waals surface area contributed by atoms with E-state index in [-0.39, 0.29) is 17.6 Å². The van der Waals surface area contributed by atoms with Gasteiger partial charge in [0, 0.05) is 19.1 Å². The molecule has 2 heterocycles. The van der Waals surface area contributed by atoms with Crippen molar-refractivity contribution in [1.82, 2.24) is 4.90 Å². The van der Waals surface area contributed by atoms with Crippen LogP contribution in [-0.2, 0) is 0 Å². The normalized spacial score (nSPS) is 60.7. The van der Waals surface area contributed by atoms with E-state index in [2.05, 4.69) is 25.7 Å². The summed E-state index contributed by atoms with van der Waals surface area (Å²) in [5.74, 6) is 7.22. The highest BCUT2D eigenvalue weighted by atomic mass is 16.3. The maximum Gasteiger partial charge on any atom is 0.0577 e. The third-order valence-electron chi connectivity index (χ3n) is 12.0. The number of rotatable bonds is 0. The van der Waals surface area contributed by atoms with E-state index in [0.717, 1.165) is 79.1 Å². The first-order chi connectivity index (χ1) is 14.4. The van der Waals surface area contributed by atoms with Crippen LogP contribution in [-0.4, -0.2) is 46.5 Å². The summed E-state index contributed by atoms with van der Waals surface area (Å²) in [6.45, 7) is 10.3. The second-order valence-corrected chi connectivity index (χ2v) is 13.1. The lowest BCUT2D eigenvalue weighted by atomic mass is 9.51. The van der Waals surface area contributed by atoms with Crippen molar-refractivity contribution in [3.8, 4) is 0 Å². The first-order valence-electron chi connectivity index (χ1n) is 13.5. The smallest absolute Gasteiger partial charge is 0.0577 e. The topological polar surface area (TPSA) is 43.7 Å². The zero-order chi connectivity index (χ0) is 20.8. The van der Waals surface area contributed by atoms with Crippen LogP contribution in [0.4, 0.5) is 0 Å². The lowest BCUT2D eigenvalue weighted by Crippen LogP contribution is -2.58. The van der Waals surface area contributed by atoms with E-state index in [4.69, 9.17) is 0 Å². The van der Waals surface area contributed by atoms with E-state index < -0.39 is 0 Å². The molecule has 3 nitrogen and oxygen atoms in total. The van der Waals surface area contributed by atoms with Crippen LogP contribution in [0.1, 0.15) is 78.6 Å². The molecule has 0 radical (unpaired) electrons. The molecule has 4 aliphatic carbocycles.